The molecule has 0 saturated carbocycles. The Balaban J connectivity index is 1.31. The van der Waals surface area contributed by atoms with Crippen molar-refractivity contribution >= 4 is 18.0 Å². The molecule has 0 bridgehead atoms. The third-order valence-electron chi connectivity index (χ3n) is 5.68. The number of carbonyl (C=O) groups excluding carboxylic acids is 2. The van der Waals surface area contributed by atoms with Crippen LogP contribution in [0.2, 0.25) is 0 Å². The molecule has 0 aromatic heterocycles. The normalized spacial score (nSPS) is 16.4. The second-order valence-corrected chi connectivity index (χ2v) is 7.79. The molecular formula is C22H22N2O5. The number of nitrogens with one attached hydrogen (secondary N) is 1. The van der Waals surface area contributed by atoms with Crippen molar-refractivity contribution in [3.05, 3.63) is 59.7 Å². The molecular weight excluding hydrogens is 372 g/mol. The summed E-state index contributed by atoms with van der Waals surface area (Å²) in [5.74, 6) is -1.29. The lowest BCUT2D eigenvalue weighted by molar-refractivity contribution is -0.163. The highest BCUT2D eigenvalue weighted by atomic mass is 16.5. The molecule has 1 aliphatic carbocycles. The molecule has 0 radical (unpaired) electrons. The van der Waals surface area contributed by atoms with E-state index in [0.717, 1.165) is 22.3 Å². The molecule has 4 rings (SSSR count). The molecule has 0 unspecified atom stereocenters. The predicted octanol–water partition coefficient (Wildman–Crippen LogP) is 2.46. The van der Waals surface area contributed by atoms with Crippen LogP contribution in [0.3, 0.4) is 0 Å². The van der Waals surface area contributed by atoms with Gasteiger partial charge in [-0.05, 0) is 29.2 Å². The summed E-state index contributed by atoms with van der Waals surface area (Å²) < 4.78 is 5.39. The number of carboxylic acids is 1. The van der Waals surface area contributed by atoms with E-state index < -0.39 is 17.5 Å². The fourth-order valence-corrected chi connectivity index (χ4v) is 4.02. The van der Waals surface area contributed by atoms with Crippen LogP contribution in [0.1, 0.15) is 24.0 Å². The summed E-state index contributed by atoms with van der Waals surface area (Å²) in [6.07, 6.45) is -0.665. The Labute approximate surface area is 168 Å². The third-order valence-corrected chi connectivity index (χ3v) is 5.68. The number of fused-ring (bicyclic) bond motifs is 3. The van der Waals surface area contributed by atoms with Gasteiger partial charge in [0.1, 0.15) is 13.2 Å². The maximum absolute atomic E-state index is 12.1. The first-order valence-electron chi connectivity index (χ1n) is 9.49. The van der Waals surface area contributed by atoms with Gasteiger partial charge in [0.2, 0.25) is 5.91 Å². The Kier molecular flexibility index (Phi) is 4.74. The molecule has 150 valence electrons. The number of carbonyl (C=O) groups is 3. The Morgan fingerprint density at radius 3 is 2.17 bits per heavy atom. The second kappa shape index (κ2) is 7.24. The summed E-state index contributed by atoms with van der Waals surface area (Å²) in [6.45, 7) is 1.85. The number of carboxylic acid groups (broad SMARTS) is 1. The van der Waals surface area contributed by atoms with E-state index in [-0.39, 0.29) is 38.1 Å². The Bertz CT molecular complexity index is 935. The fourth-order valence-electron chi connectivity index (χ4n) is 4.02. The van der Waals surface area contributed by atoms with Crippen LogP contribution in [-0.2, 0) is 14.3 Å². The van der Waals surface area contributed by atoms with Crippen molar-refractivity contribution in [3.63, 3.8) is 0 Å². The SMILES string of the molecule is CC1(C(=O)O)CN(C(=O)CNC(=O)OCC2c3ccccc3-c3ccccc32)C1. The van der Waals surface area contributed by atoms with E-state index in [1.165, 1.54) is 4.90 Å². The van der Waals surface area contributed by atoms with Crippen LogP contribution in [0.25, 0.3) is 11.1 Å². The van der Waals surface area contributed by atoms with Crippen LogP contribution >= 0.6 is 0 Å². The minimum absolute atomic E-state index is 0.0458. The monoisotopic (exact) mass is 394 g/mol. The molecule has 29 heavy (non-hydrogen) atoms. The van der Waals surface area contributed by atoms with Crippen molar-refractivity contribution in [2.75, 3.05) is 26.2 Å². The smallest absolute Gasteiger partial charge is 0.407 e. The van der Waals surface area contributed by atoms with E-state index in [0.29, 0.717) is 0 Å². The highest BCUT2D eigenvalue weighted by Crippen LogP contribution is 2.44. The van der Waals surface area contributed by atoms with E-state index in [2.05, 4.69) is 17.4 Å². The summed E-state index contributed by atoms with van der Waals surface area (Å²) >= 11 is 0. The van der Waals surface area contributed by atoms with E-state index in [4.69, 9.17) is 9.84 Å². The number of hydrogen-bond donors (Lipinski definition) is 2. The van der Waals surface area contributed by atoms with Gasteiger partial charge in [0.05, 0.1) is 5.41 Å². The lowest BCUT2D eigenvalue weighted by Gasteiger charge is -2.44. The van der Waals surface area contributed by atoms with Crippen LogP contribution in [0.4, 0.5) is 4.79 Å². The third kappa shape index (κ3) is 3.44. The number of ether oxygens (including phenoxy) is 1. The first-order valence-corrected chi connectivity index (χ1v) is 9.49. The summed E-state index contributed by atoms with van der Waals surface area (Å²) in [5.41, 5.74) is 3.62. The number of benzene rings is 2. The number of amides is 2. The van der Waals surface area contributed by atoms with Gasteiger partial charge in [0, 0.05) is 19.0 Å². The minimum atomic E-state index is -0.925. The van der Waals surface area contributed by atoms with Crippen LogP contribution < -0.4 is 5.32 Å². The second-order valence-electron chi connectivity index (χ2n) is 7.79. The van der Waals surface area contributed by atoms with Crippen LogP contribution in [0.15, 0.2) is 48.5 Å². The van der Waals surface area contributed by atoms with Crippen molar-refractivity contribution in [3.8, 4) is 11.1 Å². The Morgan fingerprint density at radius 1 is 1.07 bits per heavy atom. The van der Waals surface area contributed by atoms with Gasteiger partial charge in [-0.3, -0.25) is 9.59 Å². The Hall–Kier alpha value is -3.35. The zero-order chi connectivity index (χ0) is 20.6. The number of nitrogens with zero attached hydrogens (tertiary/aromatic N) is 1. The minimum Gasteiger partial charge on any atom is -0.481 e. The number of alkyl carbamates (subject to hydrolysis) is 1. The van der Waals surface area contributed by atoms with Gasteiger partial charge in [0.15, 0.2) is 0 Å². The molecule has 7 heteroatoms. The van der Waals surface area contributed by atoms with Crippen LogP contribution in [-0.4, -0.2) is 54.2 Å². The lowest BCUT2D eigenvalue weighted by Crippen LogP contribution is -2.62. The summed E-state index contributed by atoms with van der Waals surface area (Å²) in [7, 11) is 0. The molecule has 0 spiro atoms. The highest BCUT2D eigenvalue weighted by Gasteiger charge is 2.47. The predicted molar refractivity (Wildman–Crippen MR) is 105 cm³/mol. The molecule has 1 heterocycles. The number of likely N-dealkylation sites (tertiary alicyclic amines) is 1. The van der Waals surface area contributed by atoms with Crippen LogP contribution in [0, 0.1) is 5.41 Å². The number of aliphatic carboxylic acids is 1. The summed E-state index contributed by atoms with van der Waals surface area (Å²) in [6, 6.07) is 16.1. The van der Waals surface area contributed by atoms with E-state index in [1.54, 1.807) is 6.92 Å². The van der Waals surface area contributed by atoms with Crippen LogP contribution in [0.5, 0.6) is 0 Å². The van der Waals surface area contributed by atoms with Gasteiger partial charge in [-0.15, -0.1) is 0 Å². The van der Waals surface area contributed by atoms with Crippen molar-refractivity contribution in [1.82, 2.24) is 10.2 Å². The largest absolute Gasteiger partial charge is 0.481 e. The molecule has 2 N–H and O–H groups in total. The topological polar surface area (TPSA) is 95.9 Å². The molecule has 2 aromatic rings. The zero-order valence-electron chi connectivity index (χ0n) is 16.1. The molecule has 2 aliphatic rings. The molecule has 7 nitrogen and oxygen atoms in total. The molecule has 1 aliphatic heterocycles. The van der Waals surface area contributed by atoms with Gasteiger partial charge in [0.25, 0.3) is 0 Å². The standard InChI is InChI=1S/C22H22N2O5/c1-22(20(26)27)12-24(13-22)19(25)10-23-21(28)29-11-18-16-8-4-2-6-14(16)15-7-3-5-9-17(15)18/h2-9,18H,10-13H2,1H3,(H,23,28)(H,26,27). The van der Waals surface area contributed by atoms with Gasteiger partial charge < -0.3 is 20.1 Å². The van der Waals surface area contributed by atoms with E-state index in [9.17, 15) is 14.4 Å². The van der Waals surface area contributed by atoms with Gasteiger partial charge >= 0.3 is 12.1 Å². The molecule has 2 amide bonds. The maximum atomic E-state index is 12.1. The average molecular weight is 394 g/mol. The van der Waals surface area contributed by atoms with E-state index >= 15 is 0 Å². The van der Waals surface area contributed by atoms with Crippen molar-refractivity contribution in [2.45, 2.75) is 12.8 Å². The van der Waals surface area contributed by atoms with Crippen molar-refractivity contribution in [2.24, 2.45) is 5.41 Å². The van der Waals surface area contributed by atoms with Crippen molar-refractivity contribution in [1.29, 1.82) is 0 Å². The first kappa shape index (κ1) is 19.0. The number of rotatable bonds is 5. The summed E-state index contributed by atoms with van der Waals surface area (Å²) in [5, 5.41) is 11.6. The molecule has 1 saturated heterocycles. The molecule has 2 aromatic carbocycles. The molecule has 0 atom stereocenters. The van der Waals surface area contributed by atoms with E-state index in [1.807, 2.05) is 36.4 Å². The first-order chi connectivity index (χ1) is 13.9. The summed E-state index contributed by atoms with van der Waals surface area (Å²) in [4.78, 5) is 36.7. The van der Waals surface area contributed by atoms with Gasteiger partial charge in [-0.2, -0.15) is 0 Å². The average Bonchev–Trinajstić information content (AvgIpc) is 3.01. The highest BCUT2D eigenvalue weighted by molar-refractivity contribution is 5.86. The Morgan fingerprint density at radius 2 is 1.62 bits per heavy atom. The lowest BCUT2D eigenvalue weighted by atomic mass is 9.82. The van der Waals surface area contributed by atoms with Gasteiger partial charge in [-0.25, -0.2) is 4.79 Å². The zero-order valence-corrected chi connectivity index (χ0v) is 16.1. The molecule has 1 fully saturated rings. The fraction of sp³-hybridized carbons (Fsp3) is 0.318. The van der Waals surface area contributed by atoms with Gasteiger partial charge in [-0.1, -0.05) is 48.5 Å². The maximum Gasteiger partial charge on any atom is 0.407 e. The number of hydrogen-bond acceptors (Lipinski definition) is 4. The van der Waals surface area contributed by atoms with Crippen molar-refractivity contribution < 1.29 is 24.2 Å². The quantitative estimate of drug-likeness (QED) is 0.812.